The van der Waals surface area contributed by atoms with Crippen molar-refractivity contribution in [2.24, 2.45) is 11.7 Å². The molecule has 5 nitrogen and oxygen atoms in total. The zero-order valence-corrected chi connectivity index (χ0v) is 20.9. The molecule has 6 heteroatoms. The average Bonchev–Trinajstić information content (AvgIpc) is 3.22. The van der Waals surface area contributed by atoms with E-state index in [1.165, 1.54) is 11.6 Å². The number of fused-ring (bicyclic) bond motifs is 2. The van der Waals surface area contributed by atoms with E-state index < -0.39 is 5.91 Å². The van der Waals surface area contributed by atoms with Gasteiger partial charge in [-0.15, -0.1) is 0 Å². The van der Waals surface area contributed by atoms with Gasteiger partial charge >= 0.3 is 0 Å². The summed E-state index contributed by atoms with van der Waals surface area (Å²) >= 11 is 0. The molecule has 0 spiro atoms. The lowest BCUT2D eigenvalue weighted by Crippen LogP contribution is -2.28. The Morgan fingerprint density at radius 1 is 1.06 bits per heavy atom. The van der Waals surface area contributed by atoms with Gasteiger partial charge in [0, 0.05) is 28.6 Å². The molecule has 0 aliphatic heterocycles. The number of nitrogens with zero attached hydrogens (tertiary/aromatic N) is 3. The standard InChI is InChI=1S/C29H33FN4O/c1-17(28-33-25-11-9-20(27(31)35)15-26(25)34(28)29(2,3)4)18-5-7-19(8-6-18)22-13-14-32-24-12-10-21(30)16-23(22)24/h9-19H,5-8H2,1-4H3,(H2,31,35)/t17-,18?,19?/m1/s1. The van der Waals surface area contributed by atoms with Crippen LogP contribution in [0.5, 0.6) is 0 Å². The van der Waals surface area contributed by atoms with Crippen molar-refractivity contribution in [3.8, 4) is 0 Å². The first kappa shape index (κ1) is 23.5. The lowest BCUT2D eigenvalue weighted by Gasteiger charge is -2.34. The van der Waals surface area contributed by atoms with Crippen molar-refractivity contribution < 1.29 is 9.18 Å². The molecule has 5 rings (SSSR count). The number of amides is 1. The van der Waals surface area contributed by atoms with Crippen LogP contribution in [0, 0.1) is 11.7 Å². The lowest BCUT2D eigenvalue weighted by molar-refractivity contribution is 0.100. The summed E-state index contributed by atoms with van der Waals surface area (Å²) < 4.78 is 16.3. The number of halogens is 1. The highest BCUT2D eigenvalue weighted by Crippen LogP contribution is 2.44. The third-order valence-corrected chi connectivity index (χ3v) is 7.70. The highest BCUT2D eigenvalue weighted by Gasteiger charge is 2.32. The maximum absolute atomic E-state index is 14.0. The summed E-state index contributed by atoms with van der Waals surface area (Å²) in [6.45, 7) is 8.80. The maximum Gasteiger partial charge on any atom is 0.248 e. The maximum atomic E-state index is 14.0. The van der Waals surface area contributed by atoms with Crippen LogP contribution < -0.4 is 5.73 Å². The van der Waals surface area contributed by atoms with E-state index >= 15 is 0 Å². The number of hydrogen-bond acceptors (Lipinski definition) is 3. The monoisotopic (exact) mass is 472 g/mol. The quantitative estimate of drug-likeness (QED) is 0.361. The van der Waals surface area contributed by atoms with Gasteiger partial charge in [0.15, 0.2) is 0 Å². The van der Waals surface area contributed by atoms with Crippen molar-refractivity contribution in [3.63, 3.8) is 0 Å². The first-order valence-corrected chi connectivity index (χ1v) is 12.5. The second-order valence-electron chi connectivity index (χ2n) is 11.0. The molecule has 35 heavy (non-hydrogen) atoms. The van der Waals surface area contributed by atoms with Gasteiger partial charge < -0.3 is 10.3 Å². The molecule has 182 valence electrons. The van der Waals surface area contributed by atoms with Crippen LogP contribution in [0.3, 0.4) is 0 Å². The fourth-order valence-corrected chi connectivity index (χ4v) is 5.89. The van der Waals surface area contributed by atoms with Gasteiger partial charge in [0.05, 0.1) is 16.6 Å². The second-order valence-corrected chi connectivity index (χ2v) is 11.0. The normalized spacial score (nSPS) is 19.8. The van der Waals surface area contributed by atoms with Crippen molar-refractivity contribution in [3.05, 3.63) is 71.4 Å². The van der Waals surface area contributed by atoms with E-state index in [1.807, 2.05) is 18.3 Å². The Balaban J connectivity index is 1.43. The van der Waals surface area contributed by atoms with E-state index in [4.69, 9.17) is 10.7 Å². The molecular formula is C29H33FN4O. The van der Waals surface area contributed by atoms with Gasteiger partial charge in [-0.3, -0.25) is 9.78 Å². The smallest absolute Gasteiger partial charge is 0.248 e. The van der Waals surface area contributed by atoms with Gasteiger partial charge in [-0.25, -0.2) is 9.37 Å². The summed E-state index contributed by atoms with van der Waals surface area (Å²) in [5, 5.41) is 0.934. The molecule has 4 aromatic rings. The molecule has 2 N–H and O–H groups in total. The fourth-order valence-electron chi connectivity index (χ4n) is 5.89. The summed E-state index contributed by atoms with van der Waals surface area (Å²) in [7, 11) is 0. The van der Waals surface area contributed by atoms with Gasteiger partial charge in [0.1, 0.15) is 11.6 Å². The number of hydrogen-bond donors (Lipinski definition) is 1. The van der Waals surface area contributed by atoms with Crippen LogP contribution in [0.1, 0.15) is 87.0 Å². The third-order valence-electron chi connectivity index (χ3n) is 7.70. The summed E-state index contributed by atoms with van der Waals surface area (Å²) in [5.41, 5.74) is 9.79. The van der Waals surface area contributed by atoms with Gasteiger partial charge in [-0.2, -0.15) is 0 Å². The number of imidazole rings is 1. The first-order valence-electron chi connectivity index (χ1n) is 12.5. The van der Waals surface area contributed by atoms with E-state index in [2.05, 4.69) is 43.3 Å². The molecular weight excluding hydrogens is 439 g/mol. The highest BCUT2D eigenvalue weighted by atomic mass is 19.1. The number of nitrogens with two attached hydrogens (primary N) is 1. The Hall–Kier alpha value is -3.28. The van der Waals surface area contributed by atoms with Gasteiger partial charge in [0.25, 0.3) is 0 Å². The van der Waals surface area contributed by atoms with Crippen LogP contribution in [0.2, 0.25) is 0 Å². The average molecular weight is 473 g/mol. The van der Waals surface area contributed by atoms with Crippen LogP contribution in [0.15, 0.2) is 48.7 Å². The lowest BCUT2D eigenvalue weighted by atomic mass is 9.73. The summed E-state index contributed by atoms with van der Waals surface area (Å²) in [5.74, 6) is 1.61. The molecule has 0 radical (unpaired) electrons. The van der Waals surface area contributed by atoms with E-state index in [1.54, 1.807) is 18.2 Å². The van der Waals surface area contributed by atoms with Crippen LogP contribution in [-0.4, -0.2) is 20.4 Å². The highest BCUT2D eigenvalue weighted by molar-refractivity contribution is 5.96. The van der Waals surface area contributed by atoms with Gasteiger partial charge in [0.2, 0.25) is 5.91 Å². The largest absolute Gasteiger partial charge is 0.366 e. The minimum atomic E-state index is -0.426. The predicted octanol–water partition coefficient (Wildman–Crippen LogP) is 6.66. The van der Waals surface area contributed by atoms with Crippen LogP contribution in [0.4, 0.5) is 4.39 Å². The van der Waals surface area contributed by atoms with E-state index in [0.29, 0.717) is 17.4 Å². The molecule has 1 amide bonds. The molecule has 1 aliphatic rings. The van der Waals surface area contributed by atoms with Crippen molar-refractivity contribution >= 4 is 27.8 Å². The van der Waals surface area contributed by atoms with Crippen molar-refractivity contribution in [1.82, 2.24) is 14.5 Å². The van der Waals surface area contributed by atoms with E-state index in [0.717, 1.165) is 53.4 Å². The SMILES string of the molecule is C[C@@H](c1nc2ccc(C(N)=O)cc2n1C(C)(C)C)C1CCC(c2ccnc3ccc(F)cc23)CC1. The number of carbonyl (C=O) groups excluding carboxylic acids is 1. The minimum absolute atomic E-state index is 0.189. The number of primary amides is 1. The van der Waals surface area contributed by atoms with E-state index in [-0.39, 0.29) is 17.3 Å². The van der Waals surface area contributed by atoms with E-state index in [9.17, 15) is 9.18 Å². The van der Waals surface area contributed by atoms with Crippen molar-refractivity contribution in [2.45, 2.75) is 70.8 Å². The Bertz CT molecular complexity index is 1410. The topological polar surface area (TPSA) is 73.8 Å². The van der Waals surface area contributed by atoms with Crippen LogP contribution in [0.25, 0.3) is 21.9 Å². The summed E-state index contributed by atoms with van der Waals surface area (Å²) in [6, 6.07) is 12.5. The molecule has 2 heterocycles. The molecule has 2 aromatic carbocycles. The summed E-state index contributed by atoms with van der Waals surface area (Å²) in [4.78, 5) is 21.3. The number of rotatable bonds is 4. The van der Waals surface area contributed by atoms with Crippen LogP contribution in [-0.2, 0) is 5.54 Å². The van der Waals surface area contributed by atoms with Crippen molar-refractivity contribution in [1.29, 1.82) is 0 Å². The predicted molar refractivity (Wildman–Crippen MR) is 138 cm³/mol. The molecule has 0 bridgehead atoms. The molecule has 2 aromatic heterocycles. The molecule has 1 saturated carbocycles. The van der Waals surface area contributed by atoms with Gasteiger partial charge in [-0.05, 0) is 106 Å². The zero-order chi connectivity index (χ0) is 24.9. The summed E-state index contributed by atoms with van der Waals surface area (Å²) in [6.07, 6.45) is 6.14. The van der Waals surface area contributed by atoms with Crippen LogP contribution >= 0.6 is 0 Å². The molecule has 1 aliphatic carbocycles. The van der Waals surface area contributed by atoms with Crippen molar-refractivity contribution in [2.75, 3.05) is 0 Å². The molecule has 0 unspecified atom stereocenters. The number of carbonyl (C=O) groups is 1. The molecule has 1 atom stereocenters. The minimum Gasteiger partial charge on any atom is -0.366 e. The molecule has 1 fully saturated rings. The number of aromatic nitrogens is 3. The van der Waals surface area contributed by atoms with Gasteiger partial charge in [-0.1, -0.05) is 6.92 Å². The fraction of sp³-hybridized carbons (Fsp3) is 0.414. The first-order chi connectivity index (χ1) is 16.6. The number of benzene rings is 2. The molecule has 0 saturated heterocycles. The Kier molecular flexibility index (Phi) is 5.86. The second kappa shape index (κ2) is 8.74. The Morgan fingerprint density at radius 2 is 1.77 bits per heavy atom. The Morgan fingerprint density at radius 3 is 2.46 bits per heavy atom. The third kappa shape index (κ3) is 4.30. The Labute approximate surface area is 205 Å². The number of pyridine rings is 1. The zero-order valence-electron chi connectivity index (χ0n) is 20.9.